The number of Topliss-reactive ketones (excluding diaryl/α,β-unsaturated/α-hetero) is 1. The maximum absolute atomic E-state index is 11.8. The molecule has 1 heterocycles. The highest BCUT2D eigenvalue weighted by atomic mass is 16.1. The minimum Gasteiger partial charge on any atom is -0.342 e. The van der Waals surface area contributed by atoms with Crippen molar-refractivity contribution in [2.24, 2.45) is 0 Å². The molecule has 0 spiro atoms. The first-order chi connectivity index (χ1) is 7.12. The Bertz CT molecular complexity index is 438. The zero-order chi connectivity index (χ0) is 10.6. The maximum atomic E-state index is 11.8. The van der Waals surface area contributed by atoms with Gasteiger partial charge in [-0.3, -0.25) is 4.79 Å². The molecule has 0 aliphatic heterocycles. The summed E-state index contributed by atoms with van der Waals surface area (Å²) in [6, 6.07) is 2.10. The van der Waals surface area contributed by atoms with Gasteiger partial charge in [0.15, 0.2) is 5.78 Å². The molecule has 1 fully saturated rings. The summed E-state index contributed by atoms with van der Waals surface area (Å²) < 4.78 is 2.43. The fraction of sp³-hybridized carbons (Fsp3) is 0.615. The van der Waals surface area contributed by atoms with Gasteiger partial charge in [-0.1, -0.05) is 0 Å². The summed E-state index contributed by atoms with van der Waals surface area (Å²) in [6.07, 6.45) is 5.40. The molecule has 1 aromatic heterocycles. The number of aromatic nitrogens is 1. The minimum atomic E-state index is 0.329. The first kappa shape index (κ1) is 9.20. The van der Waals surface area contributed by atoms with Crippen molar-refractivity contribution >= 4 is 5.78 Å². The molecule has 0 atom stereocenters. The molecule has 0 saturated heterocycles. The molecule has 2 nitrogen and oxygen atoms in total. The number of carbonyl (C=O) groups excluding carboxylic acids is 1. The first-order valence-corrected chi connectivity index (χ1v) is 5.87. The standard InChI is InChI=1S/C13H17NO/c1-9-8-10-11(4-3-5-12(10)15)14(9)13(2)6-7-13/h8H,3-7H2,1-2H3. The van der Waals surface area contributed by atoms with Crippen LogP contribution in [0.2, 0.25) is 0 Å². The molecular formula is C13H17NO. The summed E-state index contributed by atoms with van der Waals surface area (Å²) in [6.45, 7) is 4.44. The zero-order valence-electron chi connectivity index (χ0n) is 9.47. The van der Waals surface area contributed by atoms with Crippen LogP contribution in [0.4, 0.5) is 0 Å². The third kappa shape index (κ3) is 1.20. The van der Waals surface area contributed by atoms with E-state index in [2.05, 4.69) is 24.5 Å². The van der Waals surface area contributed by atoms with E-state index in [1.807, 2.05) is 0 Å². The Hall–Kier alpha value is -1.05. The van der Waals surface area contributed by atoms with Gasteiger partial charge in [0, 0.05) is 28.9 Å². The highest BCUT2D eigenvalue weighted by molar-refractivity contribution is 5.98. The van der Waals surface area contributed by atoms with Gasteiger partial charge in [-0.25, -0.2) is 0 Å². The number of hydrogen-bond acceptors (Lipinski definition) is 1. The van der Waals surface area contributed by atoms with Gasteiger partial charge in [0.25, 0.3) is 0 Å². The second-order valence-corrected chi connectivity index (χ2v) is 5.26. The van der Waals surface area contributed by atoms with Crippen molar-refractivity contribution in [3.05, 3.63) is 23.0 Å². The van der Waals surface area contributed by atoms with E-state index in [-0.39, 0.29) is 0 Å². The fourth-order valence-corrected chi connectivity index (χ4v) is 2.89. The maximum Gasteiger partial charge on any atom is 0.164 e. The van der Waals surface area contributed by atoms with Crippen LogP contribution in [0.3, 0.4) is 0 Å². The lowest BCUT2D eigenvalue weighted by molar-refractivity contribution is 0.0971. The summed E-state index contributed by atoms with van der Waals surface area (Å²) in [5.74, 6) is 0.349. The van der Waals surface area contributed by atoms with Gasteiger partial charge >= 0.3 is 0 Å². The normalized spacial score (nSPS) is 22.7. The Labute approximate surface area is 90.3 Å². The number of aryl methyl sites for hydroxylation is 1. The summed E-state index contributed by atoms with van der Waals surface area (Å²) in [5, 5.41) is 0. The van der Waals surface area contributed by atoms with Crippen molar-refractivity contribution in [1.29, 1.82) is 0 Å². The van der Waals surface area contributed by atoms with Crippen LogP contribution in [-0.4, -0.2) is 10.4 Å². The van der Waals surface area contributed by atoms with Gasteiger partial charge in [0.05, 0.1) is 0 Å². The Kier molecular flexibility index (Phi) is 1.68. The molecule has 80 valence electrons. The molecule has 0 aromatic carbocycles. The van der Waals surface area contributed by atoms with Gasteiger partial charge in [0.1, 0.15) is 0 Å². The summed E-state index contributed by atoms with van der Waals surface area (Å²) in [4.78, 5) is 11.8. The van der Waals surface area contributed by atoms with E-state index in [0.717, 1.165) is 24.8 Å². The van der Waals surface area contributed by atoms with Crippen LogP contribution < -0.4 is 0 Å². The lowest BCUT2D eigenvalue weighted by Crippen LogP contribution is -2.20. The van der Waals surface area contributed by atoms with Crippen molar-refractivity contribution in [1.82, 2.24) is 4.57 Å². The number of carbonyl (C=O) groups is 1. The molecule has 2 heteroatoms. The smallest absolute Gasteiger partial charge is 0.164 e. The highest BCUT2D eigenvalue weighted by Gasteiger charge is 2.42. The van der Waals surface area contributed by atoms with E-state index < -0.39 is 0 Å². The topological polar surface area (TPSA) is 22.0 Å². The van der Waals surface area contributed by atoms with E-state index >= 15 is 0 Å². The molecule has 0 amide bonds. The fourth-order valence-electron chi connectivity index (χ4n) is 2.89. The Balaban J connectivity index is 2.18. The van der Waals surface area contributed by atoms with Crippen LogP contribution >= 0.6 is 0 Å². The predicted octanol–water partition coefficient (Wildman–Crippen LogP) is 2.82. The van der Waals surface area contributed by atoms with E-state index in [0.29, 0.717) is 11.3 Å². The predicted molar refractivity (Wildman–Crippen MR) is 59.3 cm³/mol. The molecule has 1 aromatic rings. The number of hydrogen-bond donors (Lipinski definition) is 0. The number of nitrogens with zero attached hydrogens (tertiary/aromatic N) is 1. The molecule has 2 aliphatic rings. The number of ketones is 1. The van der Waals surface area contributed by atoms with Crippen molar-refractivity contribution in [2.45, 2.75) is 51.5 Å². The molecule has 15 heavy (non-hydrogen) atoms. The lowest BCUT2D eigenvalue weighted by Gasteiger charge is -2.21. The van der Waals surface area contributed by atoms with Gasteiger partial charge in [0.2, 0.25) is 0 Å². The van der Waals surface area contributed by atoms with Gasteiger partial charge < -0.3 is 4.57 Å². The molecule has 0 bridgehead atoms. The Morgan fingerprint density at radius 2 is 2.07 bits per heavy atom. The largest absolute Gasteiger partial charge is 0.342 e. The van der Waals surface area contributed by atoms with Crippen LogP contribution in [0.15, 0.2) is 6.07 Å². The summed E-state index contributed by atoms with van der Waals surface area (Å²) >= 11 is 0. The third-order valence-electron chi connectivity index (χ3n) is 3.92. The summed E-state index contributed by atoms with van der Waals surface area (Å²) in [5.41, 5.74) is 3.92. The van der Waals surface area contributed by atoms with Crippen LogP contribution in [-0.2, 0) is 12.0 Å². The number of fused-ring (bicyclic) bond motifs is 1. The Morgan fingerprint density at radius 3 is 2.73 bits per heavy atom. The van der Waals surface area contributed by atoms with E-state index in [1.54, 1.807) is 0 Å². The van der Waals surface area contributed by atoms with E-state index in [9.17, 15) is 4.79 Å². The zero-order valence-corrected chi connectivity index (χ0v) is 9.47. The third-order valence-corrected chi connectivity index (χ3v) is 3.92. The van der Waals surface area contributed by atoms with E-state index in [1.165, 1.54) is 24.2 Å². The van der Waals surface area contributed by atoms with Crippen LogP contribution in [0.25, 0.3) is 0 Å². The lowest BCUT2D eigenvalue weighted by atomic mass is 9.96. The highest BCUT2D eigenvalue weighted by Crippen LogP contribution is 2.46. The number of rotatable bonds is 1. The quantitative estimate of drug-likeness (QED) is 0.688. The van der Waals surface area contributed by atoms with Gasteiger partial charge in [-0.05, 0) is 45.6 Å². The van der Waals surface area contributed by atoms with Crippen LogP contribution in [0.1, 0.15) is 54.4 Å². The second-order valence-electron chi connectivity index (χ2n) is 5.26. The van der Waals surface area contributed by atoms with Gasteiger partial charge in [-0.2, -0.15) is 0 Å². The summed E-state index contributed by atoms with van der Waals surface area (Å²) in [7, 11) is 0. The van der Waals surface area contributed by atoms with E-state index in [4.69, 9.17) is 0 Å². The molecular weight excluding hydrogens is 186 g/mol. The van der Waals surface area contributed by atoms with Crippen molar-refractivity contribution in [3.63, 3.8) is 0 Å². The molecule has 2 aliphatic carbocycles. The average Bonchev–Trinajstić information content (AvgIpc) is 2.80. The molecule has 1 saturated carbocycles. The molecule has 3 rings (SSSR count). The molecule has 0 N–H and O–H groups in total. The van der Waals surface area contributed by atoms with Crippen molar-refractivity contribution < 1.29 is 4.79 Å². The Morgan fingerprint density at radius 1 is 1.33 bits per heavy atom. The van der Waals surface area contributed by atoms with Crippen LogP contribution in [0, 0.1) is 6.92 Å². The molecule has 0 unspecified atom stereocenters. The van der Waals surface area contributed by atoms with Crippen molar-refractivity contribution in [2.75, 3.05) is 0 Å². The average molecular weight is 203 g/mol. The minimum absolute atomic E-state index is 0.329. The van der Waals surface area contributed by atoms with Gasteiger partial charge in [-0.15, -0.1) is 0 Å². The van der Waals surface area contributed by atoms with Crippen LogP contribution in [0.5, 0.6) is 0 Å². The monoisotopic (exact) mass is 203 g/mol. The van der Waals surface area contributed by atoms with Crippen molar-refractivity contribution in [3.8, 4) is 0 Å². The first-order valence-electron chi connectivity index (χ1n) is 5.87. The molecule has 0 radical (unpaired) electrons. The SMILES string of the molecule is Cc1cc2c(n1C1(C)CC1)CCCC2=O. The second kappa shape index (κ2) is 2.75.